The van der Waals surface area contributed by atoms with Crippen molar-refractivity contribution in [2.24, 2.45) is 0 Å². The molecular formula is C27H25NO2. The minimum atomic E-state index is -0.624. The highest BCUT2D eigenvalue weighted by Crippen LogP contribution is 2.26. The smallest absolute Gasteiger partial charge is 0.261 e. The van der Waals surface area contributed by atoms with Gasteiger partial charge in [0, 0.05) is 0 Å². The summed E-state index contributed by atoms with van der Waals surface area (Å²) in [5.41, 5.74) is 3.25. The van der Waals surface area contributed by atoms with Crippen molar-refractivity contribution in [1.29, 1.82) is 0 Å². The number of carbonyl (C=O) groups is 1. The van der Waals surface area contributed by atoms with E-state index < -0.39 is 6.10 Å². The maximum Gasteiger partial charge on any atom is 0.261 e. The van der Waals surface area contributed by atoms with Crippen LogP contribution in [0.3, 0.4) is 0 Å². The molecule has 0 spiro atoms. The molecule has 0 radical (unpaired) electrons. The van der Waals surface area contributed by atoms with Gasteiger partial charge in [0.05, 0.1) is 6.04 Å². The number of ether oxygens (including phenoxy) is 1. The van der Waals surface area contributed by atoms with E-state index in [-0.39, 0.29) is 11.9 Å². The lowest BCUT2D eigenvalue weighted by atomic mass is 9.95. The Labute approximate surface area is 177 Å². The number of aryl methyl sites for hydroxylation is 1. The Hall–Kier alpha value is -3.59. The second-order valence-electron chi connectivity index (χ2n) is 7.48. The predicted molar refractivity (Wildman–Crippen MR) is 122 cm³/mol. The van der Waals surface area contributed by atoms with Crippen molar-refractivity contribution in [3.05, 3.63) is 114 Å². The van der Waals surface area contributed by atoms with Crippen LogP contribution < -0.4 is 10.1 Å². The van der Waals surface area contributed by atoms with Crippen molar-refractivity contribution in [3.63, 3.8) is 0 Å². The van der Waals surface area contributed by atoms with Gasteiger partial charge in [-0.25, -0.2) is 0 Å². The van der Waals surface area contributed by atoms with E-state index in [1.165, 1.54) is 0 Å². The monoisotopic (exact) mass is 395 g/mol. The average Bonchev–Trinajstić information content (AvgIpc) is 2.78. The number of benzene rings is 4. The van der Waals surface area contributed by atoms with Gasteiger partial charge in [-0.1, -0.05) is 84.9 Å². The molecule has 30 heavy (non-hydrogen) atoms. The molecule has 3 heteroatoms. The lowest BCUT2D eigenvalue weighted by Gasteiger charge is -2.24. The highest BCUT2D eigenvalue weighted by Gasteiger charge is 2.22. The Bertz CT molecular complexity index is 1150. The minimum absolute atomic E-state index is 0.153. The molecule has 0 heterocycles. The summed E-state index contributed by atoms with van der Waals surface area (Å²) in [6.45, 7) is 3.84. The highest BCUT2D eigenvalue weighted by molar-refractivity contribution is 5.84. The van der Waals surface area contributed by atoms with Crippen LogP contribution in [0.2, 0.25) is 0 Å². The first-order valence-electron chi connectivity index (χ1n) is 10.2. The second-order valence-corrected chi connectivity index (χ2v) is 7.48. The first-order chi connectivity index (χ1) is 14.6. The summed E-state index contributed by atoms with van der Waals surface area (Å²) in [6, 6.07) is 31.9. The Morgan fingerprint density at radius 2 is 1.47 bits per heavy atom. The van der Waals surface area contributed by atoms with Gasteiger partial charge in [0.2, 0.25) is 0 Å². The van der Waals surface area contributed by atoms with Gasteiger partial charge < -0.3 is 10.1 Å². The summed E-state index contributed by atoms with van der Waals surface area (Å²) >= 11 is 0. The third-order valence-electron chi connectivity index (χ3n) is 5.32. The molecule has 3 nitrogen and oxygen atoms in total. The molecule has 4 aromatic rings. The van der Waals surface area contributed by atoms with Gasteiger partial charge in [0.25, 0.3) is 5.91 Å². The van der Waals surface area contributed by atoms with E-state index in [0.29, 0.717) is 5.75 Å². The quantitative estimate of drug-likeness (QED) is 0.447. The van der Waals surface area contributed by atoms with Crippen molar-refractivity contribution in [2.45, 2.75) is 26.0 Å². The summed E-state index contributed by atoms with van der Waals surface area (Å²) in [6.07, 6.45) is -0.624. The molecule has 0 aliphatic carbocycles. The van der Waals surface area contributed by atoms with E-state index in [2.05, 4.69) is 30.4 Å². The third kappa shape index (κ3) is 4.36. The van der Waals surface area contributed by atoms with E-state index in [4.69, 9.17) is 4.74 Å². The van der Waals surface area contributed by atoms with Gasteiger partial charge in [0.1, 0.15) is 5.75 Å². The number of carbonyl (C=O) groups excluding carboxylic acids is 1. The van der Waals surface area contributed by atoms with E-state index in [9.17, 15) is 4.79 Å². The predicted octanol–water partition coefficient (Wildman–Crippen LogP) is 5.82. The lowest BCUT2D eigenvalue weighted by molar-refractivity contribution is -0.127. The Morgan fingerprint density at radius 3 is 2.23 bits per heavy atom. The zero-order valence-corrected chi connectivity index (χ0v) is 17.2. The lowest BCUT2D eigenvalue weighted by Crippen LogP contribution is -2.39. The standard InChI is InChI=1S/C27H25NO2/c1-19-10-6-9-15-25(19)26(22-12-4-3-5-13-22)28-27(29)20(2)30-24-17-16-21-11-7-8-14-23(21)18-24/h3-18,20,26H,1-2H3,(H,28,29)/t20-,26-/m0/s1. The van der Waals surface area contributed by atoms with Crippen molar-refractivity contribution in [3.8, 4) is 5.75 Å². The molecule has 0 saturated carbocycles. The first kappa shape index (κ1) is 19.7. The highest BCUT2D eigenvalue weighted by atomic mass is 16.5. The molecule has 4 aromatic carbocycles. The zero-order chi connectivity index (χ0) is 20.9. The molecule has 0 fully saturated rings. The van der Waals surface area contributed by atoms with Crippen LogP contribution in [0.5, 0.6) is 5.75 Å². The van der Waals surface area contributed by atoms with Crippen LogP contribution in [0.15, 0.2) is 97.1 Å². The van der Waals surface area contributed by atoms with Gasteiger partial charge in [-0.15, -0.1) is 0 Å². The van der Waals surface area contributed by atoms with Gasteiger partial charge >= 0.3 is 0 Å². The number of amides is 1. The van der Waals surface area contributed by atoms with E-state index in [1.807, 2.05) is 78.9 Å². The number of nitrogens with one attached hydrogen (secondary N) is 1. The minimum Gasteiger partial charge on any atom is -0.481 e. The maximum atomic E-state index is 13.0. The molecular weight excluding hydrogens is 370 g/mol. The largest absolute Gasteiger partial charge is 0.481 e. The van der Waals surface area contributed by atoms with Crippen LogP contribution in [0.25, 0.3) is 10.8 Å². The fourth-order valence-corrected chi connectivity index (χ4v) is 3.65. The number of hydrogen-bond acceptors (Lipinski definition) is 2. The van der Waals surface area contributed by atoms with Crippen LogP contribution >= 0.6 is 0 Å². The third-order valence-corrected chi connectivity index (χ3v) is 5.32. The van der Waals surface area contributed by atoms with Crippen LogP contribution in [-0.2, 0) is 4.79 Å². The summed E-state index contributed by atoms with van der Waals surface area (Å²) in [7, 11) is 0. The molecule has 0 aliphatic heterocycles. The Morgan fingerprint density at radius 1 is 0.800 bits per heavy atom. The van der Waals surface area contributed by atoms with Crippen molar-refractivity contribution in [2.75, 3.05) is 0 Å². The van der Waals surface area contributed by atoms with Gasteiger partial charge in [0.15, 0.2) is 6.10 Å². The summed E-state index contributed by atoms with van der Waals surface area (Å²) < 4.78 is 5.98. The van der Waals surface area contributed by atoms with Crippen molar-refractivity contribution in [1.82, 2.24) is 5.32 Å². The molecule has 0 aliphatic rings. The number of hydrogen-bond donors (Lipinski definition) is 1. The topological polar surface area (TPSA) is 38.3 Å². The summed E-state index contributed by atoms with van der Waals surface area (Å²) in [5, 5.41) is 5.42. The Balaban J connectivity index is 1.55. The number of fused-ring (bicyclic) bond motifs is 1. The van der Waals surface area contributed by atoms with Crippen LogP contribution in [0, 0.1) is 6.92 Å². The zero-order valence-electron chi connectivity index (χ0n) is 17.2. The molecule has 150 valence electrons. The molecule has 2 atom stereocenters. The molecule has 0 saturated heterocycles. The Kier molecular flexibility index (Phi) is 5.80. The van der Waals surface area contributed by atoms with Crippen molar-refractivity contribution < 1.29 is 9.53 Å². The number of rotatable bonds is 6. The van der Waals surface area contributed by atoms with Gasteiger partial charge in [-0.05, 0) is 53.4 Å². The normalized spacial score (nSPS) is 12.9. The van der Waals surface area contributed by atoms with E-state index in [1.54, 1.807) is 6.92 Å². The van der Waals surface area contributed by atoms with Crippen LogP contribution in [-0.4, -0.2) is 12.0 Å². The summed E-state index contributed by atoms with van der Waals surface area (Å²) in [5.74, 6) is 0.531. The second kappa shape index (κ2) is 8.83. The average molecular weight is 396 g/mol. The van der Waals surface area contributed by atoms with Crippen LogP contribution in [0.4, 0.5) is 0 Å². The SMILES string of the molecule is Cc1ccccc1[C@@H](NC(=O)[C@H](C)Oc1ccc2ccccc2c1)c1ccccc1. The molecule has 0 aromatic heterocycles. The molecule has 0 unspecified atom stereocenters. The fourth-order valence-electron chi connectivity index (χ4n) is 3.65. The molecule has 0 bridgehead atoms. The molecule has 1 N–H and O–H groups in total. The molecule has 4 rings (SSSR count). The van der Waals surface area contributed by atoms with E-state index in [0.717, 1.165) is 27.5 Å². The van der Waals surface area contributed by atoms with Crippen LogP contribution in [0.1, 0.15) is 29.7 Å². The van der Waals surface area contributed by atoms with Crippen molar-refractivity contribution >= 4 is 16.7 Å². The first-order valence-corrected chi connectivity index (χ1v) is 10.2. The fraction of sp³-hybridized carbons (Fsp3) is 0.148. The van der Waals surface area contributed by atoms with Gasteiger partial charge in [-0.2, -0.15) is 0 Å². The molecule has 1 amide bonds. The van der Waals surface area contributed by atoms with Gasteiger partial charge in [-0.3, -0.25) is 4.79 Å². The van der Waals surface area contributed by atoms with E-state index >= 15 is 0 Å². The maximum absolute atomic E-state index is 13.0. The summed E-state index contributed by atoms with van der Waals surface area (Å²) in [4.78, 5) is 13.0.